The highest BCUT2D eigenvalue weighted by Gasteiger charge is 2.38. The third-order valence-corrected chi connectivity index (χ3v) is 3.65. The molecule has 0 aromatic carbocycles. The fourth-order valence-corrected chi connectivity index (χ4v) is 2.51. The van der Waals surface area contributed by atoms with Gasteiger partial charge >= 0.3 is 0 Å². The molecule has 3 atom stereocenters. The van der Waals surface area contributed by atoms with Crippen molar-refractivity contribution in [3.8, 4) is 0 Å². The molecule has 84 valence electrons. The van der Waals surface area contributed by atoms with E-state index in [0.29, 0.717) is 18.4 Å². The molecule has 4 nitrogen and oxygen atoms in total. The minimum atomic E-state index is -0.537. The van der Waals surface area contributed by atoms with Crippen LogP contribution < -0.4 is 22.9 Å². The van der Waals surface area contributed by atoms with Gasteiger partial charge in [0.1, 0.15) is 0 Å². The second-order valence-electron chi connectivity index (χ2n) is 4.72. The minimum absolute atomic E-state index is 0.0181. The lowest BCUT2D eigenvalue weighted by atomic mass is 9.71. The molecular weight excluding hydrogens is 176 g/mol. The molecule has 3 unspecified atom stereocenters. The maximum Gasteiger partial charge on any atom is 0.0668 e. The Hall–Kier alpha value is -0.160. The summed E-state index contributed by atoms with van der Waals surface area (Å²) in [6, 6.07) is 0.0181. The van der Waals surface area contributed by atoms with Crippen LogP contribution in [0.5, 0.6) is 0 Å². The predicted molar refractivity (Wildman–Crippen MR) is 59.3 cm³/mol. The lowest BCUT2D eigenvalue weighted by molar-refractivity contribution is 0.124. The molecule has 0 aliphatic heterocycles. The molecule has 4 heteroatoms. The Morgan fingerprint density at radius 1 is 1.36 bits per heavy atom. The average molecular weight is 200 g/mol. The molecule has 1 saturated carbocycles. The van der Waals surface area contributed by atoms with Gasteiger partial charge in [-0.1, -0.05) is 19.8 Å². The molecule has 1 aliphatic carbocycles. The molecule has 0 aromatic heterocycles. The number of hydrogen-bond acceptors (Lipinski definition) is 4. The minimum Gasteiger partial charge on any atom is -0.329 e. The van der Waals surface area contributed by atoms with E-state index < -0.39 is 5.66 Å². The summed E-state index contributed by atoms with van der Waals surface area (Å²) < 4.78 is 0. The van der Waals surface area contributed by atoms with Crippen molar-refractivity contribution in [1.29, 1.82) is 0 Å². The zero-order chi connectivity index (χ0) is 10.8. The summed E-state index contributed by atoms with van der Waals surface area (Å²) in [5.41, 5.74) is 23.2. The molecule has 14 heavy (non-hydrogen) atoms. The first-order valence-corrected chi connectivity index (χ1v) is 5.52. The summed E-state index contributed by atoms with van der Waals surface area (Å²) in [4.78, 5) is 0. The monoisotopic (exact) mass is 200 g/mol. The van der Waals surface area contributed by atoms with Gasteiger partial charge in [-0.3, -0.25) is 0 Å². The fraction of sp³-hybridized carbons (Fsp3) is 1.00. The van der Waals surface area contributed by atoms with Gasteiger partial charge in [0, 0.05) is 12.6 Å². The van der Waals surface area contributed by atoms with Crippen molar-refractivity contribution in [3.05, 3.63) is 0 Å². The lowest BCUT2D eigenvalue weighted by Crippen LogP contribution is -2.61. The van der Waals surface area contributed by atoms with Crippen molar-refractivity contribution in [2.24, 2.45) is 34.8 Å². The van der Waals surface area contributed by atoms with Crippen molar-refractivity contribution in [3.63, 3.8) is 0 Å². The number of nitrogens with two attached hydrogens (primary N) is 4. The first-order valence-electron chi connectivity index (χ1n) is 5.52. The Labute approximate surface area is 86.4 Å². The molecule has 0 amide bonds. The van der Waals surface area contributed by atoms with Crippen LogP contribution in [0.25, 0.3) is 0 Å². The van der Waals surface area contributed by atoms with Crippen molar-refractivity contribution in [2.75, 3.05) is 6.54 Å². The highest BCUT2D eigenvalue weighted by atomic mass is 15.0. The highest BCUT2D eigenvalue weighted by Crippen LogP contribution is 2.34. The van der Waals surface area contributed by atoms with Crippen molar-refractivity contribution in [2.45, 2.75) is 44.3 Å². The second kappa shape index (κ2) is 4.57. The zero-order valence-electron chi connectivity index (χ0n) is 9.08. The van der Waals surface area contributed by atoms with E-state index in [-0.39, 0.29) is 6.04 Å². The standard InChI is InChI=1S/C10H24N4/c1-7(9(12)6-11)8-4-2-3-5-10(8,13)14/h7-9H,2-6,11-14H2,1H3. The molecule has 0 heterocycles. The quantitative estimate of drug-likeness (QED) is 0.470. The van der Waals surface area contributed by atoms with E-state index in [1.165, 1.54) is 6.42 Å². The van der Waals surface area contributed by atoms with Crippen molar-refractivity contribution in [1.82, 2.24) is 0 Å². The van der Waals surface area contributed by atoms with E-state index in [9.17, 15) is 0 Å². The maximum absolute atomic E-state index is 6.10. The fourth-order valence-electron chi connectivity index (χ4n) is 2.51. The Balaban J connectivity index is 2.64. The smallest absolute Gasteiger partial charge is 0.0668 e. The van der Waals surface area contributed by atoms with Gasteiger partial charge in [-0.2, -0.15) is 0 Å². The Bertz CT molecular complexity index is 181. The summed E-state index contributed by atoms with van der Waals surface area (Å²) in [6.07, 6.45) is 4.33. The summed E-state index contributed by atoms with van der Waals surface area (Å²) in [5, 5.41) is 0. The van der Waals surface area contributed by atoms with Gasteiger partial charge in [-0.05, 0) is 24.7 Å². The van der Waals surface area contributed by atoms with Crippen LogP contribution >= 0.6 is 0 Å². The van der Waals surface area contributed by atoms with Gasteiger partial charge in [0.05, 0.1) is 5.66 Å². The molecule has 0 spiro atoms. The van der Waals surface area contributed by atoms with Gasteiger partial charge in [-0.15, -0.1) is 0 Å². The largest absolute Gasteiger partial charge is 0.329 e. The third-order valence-electron chi connectivity index (χ3n) is 3.65. The molecule has 0 aromatic rings. The second-order valence-corrected chi connectivity index (χ2v) is 4.72. The molecule has 1 aliphatic rings. The lowest BCUT2D eigenvalue weighted by Gasteiger charge is -2.43. The Morgan fingerprint density at radius 3 is 2.50 bits per heavy atom. The normalized spacial score (nSPS) is 31.1. The molecule has 8 N–H and O–H groups in total. The van der Waals surface area contributed by atoms with Gasteiger partial charge < -0.3 is 22.9 Å². The van der Waals surface area contributed by atoms with Crippen LogP contribution in [0.1, 0.15) is 32.6 Å². The number of hydrogen-bond donors (Lipinski definition) is 4. The number of rotatable bonds is 3. The van der Waals surface area contributed by atoms with Gasteiger partial charge in [-0.25, -0.2) is 0 Å². The maximum atomic E-state index is 6.10. The van der Waals surface area contributed by atoms with Crippen molar-refractivity contribution >= 4 is 0 Å². The van der Waals surface area contributed by atoms with Crippen LogP contribution in [0.15, 0.2) is 0 Å². The summed E-state index contributed by atoms with van der Waals surface area (Å²) in [7, 11) is 0. The molecular formula is C10H24N4. The summed E-state index contributed by atoms with van der Waals surface area (Å²) in [6.45, 7) is 2.62. The van der Waals surface area contributed by atoms with Crippen LogP contribution in [0.2, 0.25) is 0 Å². The van der Waals surface area contributed by atoms with E-state index in [1.807, 2.05) is 0 Å². The molecule has 0 saturated heterocycles. The van der Waals surface area contributed by atoms with Crippen LogP contribution in [-0.2, 0) is 0 Å². The van der Waals surface area contributed by atoms with E-state index in [4.69, 9.17) is 22.9 Å². The van der Waals surface area contributed by atoms with Crippen LogP contribution in [0, 0.1) is 11.8 Å². The van der Waals surface area contributed by atoms with E-state index in [0.717, 1.165) is 19.3 Å². The molecule has 1 fully saturated rings. The molecule has 0 bridgehead atoms. The first kappa shape index (κ1) is 11.9. The van der Waals surface area contributed by atoms with Crippen molar-refractivity contribution < 1.29 is 0 Å². The highest BCUT2D eigenvalue weighted by molar-refractivity contribution is 4.94. The van der Waals surface area contributed by atoms with E-state index in [2.05, 4.69) is 6.92 Å². The van der Waals surface area contributed by atoms with E-state index in [1.54, 1.807) is 0 Å². The Morgan fingerprint density at radius 2 is 2.00 bits per heavy atom. The topological polar surface area (TPSA) is 104 Å². The van der Waals surface area contributed by atoms with Crippen LogP contribution in [0.3, 0.4) is 0 Å². The van der Waals surface area contributed by atoms with Crippen LogP contribution in [0.4, 0.5) is 0 Å². The third kappa shape index (κ3) is 2.45. The predicted octanol–water partition coefficient (Wildman–Crippen LogP) is -0.288. The average Bonchev–Trinajstić information content (AvgIpc) is 2.15. The Kier molecular flexibility index (Phi) is 3.89. The molecule has 1 rings (SSSR count). The van der Waals surface area contributed by atoms with Gasteiger partial charge in [0.2, 0.25) is 0 Å². The first-order chi connectivity index (χ1) is 6.49. The van der Waals surface area contributed by atoms with Gasteiger partial charge in [0.15, 0.2) is 0 Å². The SMILES string of the molecule is CC(C(N)CN)C1CCCCC1(N)N. The zero-order valence-corrected chi connectivity index (χ0v) is 9.08. The summed E-state index contributed by atoms with van der Waals surface area (Å²) >= 11 is 0. The molecule has 0 radical (unpaired) electrons. The summed E-state index contributed by atoms with van der Waals surface area (Å²) in [5.74, 6) is 0.630. The van der Waals surface area contributed by atoms with Crippen LogP contribution in [-0.4, -0.2) is 18.2 Å². The van der Waals surface area contributed by atoms with Gasteiger partial charge in [0.25, 0.3) is 0 Å². The van der Waals surface area contributed by atoms with E-state index >= 15 is 0 Å².